The van der Waals surface area contributed by atoms with Crippen molar-refractivity contribution in [2.75, 3.05) is 44.8 Å². The minimum absolute atomic E-state index is 0.0279. The summed E-state index contributed by atoms with van der Waals surface area (Å²) in [5.41, 5.74) is 4.52. The van der Waals surface area contributed by atoms with Gasteiger partial charge in [0, 0.05) is 55.5 Å². The lowest BCUT2D eigenvalue weighted by molar-refractivity contribution is -0.140. The van der Waals surface area contributed by atoms with E-state index < -0.39 is 5.97 Å². The Morgan fingerprint density at radius 3 is 2.29 bits per heavy atom. The third-order valence-corrected chi connectivity index (χ3v) is 8.04. The van der Waals surface area contributed by atoms with E-state index in [1.807, 2.05) is 83.8 Å². The van der Waals surface area contributed by atoms with E-state index in [0.717, 1.165) is 35.7 Å². The Morgan fingerprint density at radius 2 is 1.62 bits per heavy atom. The summed E-state index contributed by atoms with van der Waals surface area (Å²) in [4.78, 5) is 45.7. The lowest BCUT2D eigenvalue weighted by Crippen LogP contribution is -2.48. The first-order chi connectivity index (χ1) is 20.4. The Balaban J connectivity index is 1.30. The zero-order valence-corrected chi connectivity index (χ0v) is 24.4. The molecule has 0 N–H and O–H groups in total. The SMILES string of the molecule is CCOC(=O)C1=C(C)N(Cc2cccc(C(=O)N3CCN(c4ccc(OC)cc4)CC3)c2)C(=O)CC1c1ccccc1. The molecule has 3 aromatic rings. The molecule has 2 aliphatic rings. The predicted molar refractivity (Wildman–Crippen MR) is 161 cm³/mol. The fraction of sp³-hybridized carbons (Fsp3) is 0.324. The van der Waals surface area contributed by atoms with Gasteiger partial charge in [0.2, 0.25) is 5.91 Å². The molecule has 0 saturated carbocycles. The Morgan fingerprint density at radius 1 is 0.905 bits per heavy atom. The summed E-state index contributed by atoms with van der Waals surface area (Å²) in [5, 5.41) is 0. The molecule has 2 amide bonds. The zero-order valence-electron chi connectivity index (χ0n) is 24.4. The van der Waals surface area contributed by atoms with Gasteiger partial charge in [-0.25, -0.2) is 4.79 Å². The maximum Gasteiger partial charge on any atom is 0.336 e. The van der Waals surface area contributed by atoms with Crippen LogP contribution in [-0.2, 0) is 20.9 Å². The zero-order chi connectivity index (χ0) is 29.6. The van der Waals surface area contributed by atoms with E-state index >= 15 is 0 Å². The topological polar surface area (TPSA) is 79.4 Å². The molecule has 1 atom stereocenters. The highest BCUT2D eigenvalue weighted by Gasteiger charge is 2.37. The molecule has 2 heterocycles. The van der Waals surface area contributed by atoms with Crippen molar-refractivity contribution >= 4 is 23.5 Å². The molecule has 5 rings (SSSR count). The summed E-state index contributed by atoms with van der Waals surface area (Å²) < 4.78 is 10.7. The Hall–Kier alpha value is -4.59. The van der Waals surface area contributed by atoms with E-state index in [9.17, 15) is 14.4 Å². The van der Waals surface area contributed by atoms with Crippen molar-refractivity contribution in [3.05, 3.63) is 107 Å². The minimum atomic E-state index is -0.404. The van der Waals surface area contributed by atoms with Crippen molar-refractivity contribution in [3.63, 3.8) is 0 Å². The third-order valence-electron chi connectivity index (χ3n) is 8.04. The van der Waals surface area contributed by atoms with Crippen LogP contribution in [0.4, 0.5) is 5.69 Å². The van der Waals surface area contributed by atoms with Crippen LogP contribution in [0.5, 0.6) is 5.75 Å². The number of ether oxygens (including phenoxy) is 2. The molecule has 2 aliphatic heterocycles. The van der Waals surface area contributed by atoms with E-state index in [0.29, 0.717) is 29.9 Å². The molecule has 0 spiro atoms. The molecule has 1 saturated heterocycles. The van der Waals surface area contributed by atoms with Crippen LogP contribution in [0.15, 0.2) is 90.1 Å². The first kappa shape index (κ1) is 28.9. The molecular weight excluding hydrogens is 530 g/mol. The van der Waals surface area contributed by atoms with Gasteiger partial charge in [0.05, 0.1) is 25.8 Å². The molecule has 0 aliphatic carbocycles. The number of anilines is 1. The average molecular weight is 568 g/mol. The number of allylic oxidation sites excluding steroid dienone is 1. The van der Waals surface area contributed by atoms with E-state index in [1.165, 1.54) is 0 Å². The molecule has 8 nitrogen and oxygen atoms in total. The Labute approximate surface area is 247 Å². The number of piperazine rings is 1. The number of carbonyl (C=O) groups excluding carboxylic acids is 3. The second-order valence-corrected chi connectivity index (χ2v) is 10.5. The van der Waals surface area contributed by atoms with Gasteiger partial charge in [-0.2, -0.15) is 0 Å². The maximum atomic E-state index is 13.5. The van der Waals surface area contributed by atoms with Gasteiger partial charge in [-0.05, 0) is 61.4 Å². The highest BCUT2D eigenvalue weighted by molar-refractivity contribution is 5.96. The van der Waals surface area contributed by atoms with Crippen LogP contribution in [0.3, 0.4) is 0 Å². The fourth-order valence-electron chi connectivity index (χ4n) is 5.78. The summed E-state index contributed by atoms with van der Waals surface area (Å²) in [6, 6.07) is 25.0. The molecule has 0 aromatic heterocycles. The van der Waals surface area contributed by atoms with Gasteiger partial charge in [-0.15, -0.1) is 0 Å². The molecule has 1 unspecified atom stereocenters. The van der Waals surface area contributed by atoms with Crippen LogP contribution in [0.1, 0.15) is 47.7 Å². The minimum Gasteiger partial charge on any atom is -0.497 e. The van der Waals surface area contributed by atoms with Crippen molar-refractivity contribution in [2.24, 2.45) is 0 Å². The second-order valence-electron chi connectivity index (χ2n) is 10.5. The second kappa shape index (κ2) is 12.9. The summed E-state index contributed by atoms with van der Waals surface area (Å²) >= 11 is 0. The average Bonchev–Trinajstić information content (AvgIpc) is 3.03. The number of rotatable bonds is 8. The number of amides is 2. The van der Waals surface area contributed by atoms with Crippen molar-refractivity contribution in [2.45, 2.75) is 32.7 Å². The molecule has 3 aromatic carbocycles. The third kappa shape index (κ3) is 6.17. The van der Waals surface area contributed by atoms with E-state index in [-0.39, 0.29) is 37.3 Å². The maximum absolute atomic E-state index is 13.5. The van der Waals surface area contributed by atoms with Gasteiger partial charge in [0.25, 0.3) is 5.91 Å². The van der Waals surface area contributed by atoms with Gasteiger partial charge in [-0.1, -0.05) is 42.5 Å². The molecule has 0 bridgehead atoms. The fourth-order valence-corrected chi connectivity index (χ4v) is 5.78. The summed E-state index contributed by atoms with van der Waals surface area (Å²) in [6.45, 7) is 6.81. The first-order valence-corrected chi connectivity index (χ1v) is 14.4. The normalized spacial score (nSPS) is 17.4. The van der Waals surface area contributed by atoms with Crippen molar-refractivity contribution in [3.8, 4) is 5.75 Å². The summed E-state index contributed by atoms with van der Waals surface area (Å²) in [5.74, 6) is -0.0457. The number of hydrogen-bond acceptors (Lipinski definition) is 6. The van der Waals surface area contributed by atoms with Crippen LogP contribution in [0.2, 0.25) is 0 Å². The number of methoxy groups -OCH3 is 1. The van der Waals surface area contributed by atoms with Crippen molar-refractivity contribution in [1.82, 2.24) is 9.80 Å². The van der Waals surface area contributed by atoms with Crippen LogP contribution in [-0.4, -0.2) is 67.5 Å². The van der Waals surface area contributed by atoms with Gasteiger partial charge >= 0.3 is 5.97 Å². The quantitative estimate of drug-likeness (QED) is 0.356. The van der Waals surface area contributed by atoms with Crippen molar-refractivity contribution < 1.29 is 23.9 Å². The molecule has 218 valence electrons. The van der Waals surface area contributed by atoms with Crippen molar-refractivity contribution in [1.29, 1.82) is 0 Å². The summed E-state index contributed by atoms with van der Waals surface area (Å²) in [7, 11) is 1.65. The molecular formula is C34H37N3O5. The Kier molecular flexibility index (Phi) is 8.91. The molecule has 42 heavy (non-hydrogen) atoms. The lowest BCUT2D eigenvalue weighted by atomic mass is 9.83. The summed E-state index contributed by atoms with van der Waals surface area (Å²) in [6.07, 6.45) is 0.173. The number of esters is 1. The molecule has 8 heteroatoms. The van der Waals surface area contributed by atoms with Gasteiger partial charge in [-0.3, -0.25) is 9.59 Å². The monoisotopic (exact) mass is 567 g/mol. The number of nitrogens with zero attached hydrogens (tertiary/aromatic N) is 3. The number of hydrogen-bond donors (Lipinski definition) is 0. The smallest absolute Gasteiger partial charge is 0.336 e. The highest BCUT2D eigenvalue weighted by Crippen LogP contribution is 2.37. The van der Waals surface area contributed by atoms with Crippen LogP contribution in [0.25, 0.3) is 0 Å². The first-order valence-electron chi connectivity index (χ1n) is 14.4. The molecule has 1 fully saturated rings. The van der Waals surface area contributed by atoms with E-state index in [1.54, 1.807) is 25.9 Å². The largest absolute Gasteiger partial charge is 0.497 e. The Bertz CT molecular complexity index is 1460. The van der Waals surface area contributed by atoms with Gasteiger partial charge < -0.3 is 24.2 Å². The number of carbonyl (C=O) groups is 3. The van der Waals surface area contributed by atoms with Gasteiger partial charge in [0.15, 0.2) is 0 Å². The molecule has 0 radical (unpaired) electrons. The van der Waals surface area contributed by atoms with Gasteiger partial charge in [0.1, 0.15) is 5.75 Å². The van der Waals surface area contributed by atoms with E-state index in [2.05, 4.69) is 4.90 Å². The number of benzene rings is 3. The van der Waals surface area contributed by atoms with Crippen LogP contribution in [0, 0.1) is 0 Å². The van der Waals surface area contributed by atoms with E-state index in [4.69, 9.17) is 9.47 Å². The van der Waals surface area contributed by atoms with Crippen LogP contribution >= 0.6 is 0 Å². The lowest BCUT2D eigenvalue weighted by Gasteiger charge is -2.36. The highest BCUT2D eigenvalue weighted by atomic mass is 16.5. The predicted octanol–water partition coefficient (Wildman–Crippen LogP) is 5.01. The van der Waals surface area contributed by atoms with Crippen LogP contribution < -0.4 is 9.64 Å². The standard InChI is InChI=1S/C34H37N3O5/c1-4-42-34(40)32-24(2)37(31(38)22-30(32)26-10-6-5-7-11-26)23-25-9-8-12-27(21-25)33(39)36-19-17-35(18-20-36)28-13-15-29(41-3)16-14-28/h5-16,21,30H,4,17-20,22-23H2,1-3H3.